The third-order valence-corrected chi connectivity index (χ3v) is 2.89. The van der Waals surface area contributed by atoms with Gasteiger partial charge < -0.3 is 4.90 Å². The number of nitrogens with zero attached hydrogens (tertiary/aromatic N) is 5. The Balaban J connectivity index is 1.97. The number of hydrogen-bond donors (Lipinski definition) is 1. The van der Waals surface area contributed by atoms with Crippen molar-refractivity contribution in [3.05, 3.63) is 0 Å². The highest BCUT2D eigenvalue weighted by molar-refractivity contribution is 5.94. The maximum Gasteiger partial charge on any atom is 0.249 e. The van der Waals surface area contributed by atoms with Crippen molar-refractivity contribution in [3.63, 3.8) is 0 Å². The molecule has 0 radical (unpaired) electrons. The average Bonchev–Trinajstić information content (AvgIpc) is 2.68. The number of carbonyl (C=O) groups is 2. The van der Waals surface area contributed by atoms with Crippen LogP contribution in [0.1, 0.15) is 12.8 Å². The van der Waals surface area contributed by atoms with Crippen LogP contribution in [-0.4, -0.2) is 50.5 Å². The minimum Gasteiger partial charge on any atom is -0.346 e. The molecule has 2 rings (SSSR count). The zero-order chi connectivity index (χ0) is 12.4. The van der Waals surface area contributed by atoms with Crippen LogP contribution < -0.4 is 5.32 Å². The fraction of sp³-hybridized carbons (Fsp3) is 0.667. The van der Waals surface area contributed by atoms with E-state index in [1.54, 1.807) is 19.0 Å². The molecule has 1 N–H and O–H groups in total. The highest BCUT2D eigenvalue weighted by Crippen LogP contribution is 2.18. The van der Waals surface area contributed by atoms with Gasteiger partial charge in [0.15, 0.2) is 0 Å². The van der Waals surface area contributed by atoms with E-state index in [1.807, 2.05) is 0 Å². The van der Waals surface area contributed by atoms with E-state index < -0.39 is 0 Å². The SMILES string of the molecule is CN1CCC(C(=O)Nc2nnnn2C)CC1=O. The Labute approximate surface area is 98.0 Å². The number of tetrazole rings is 1. The van der Waals surface area contributed by atoms with Crippen molar-refractivity contribution in [1.82, 2.24) is 25.1 Å². The predicted octanol–water partition coefficient (Wildman–Crippen LogP) is -0.983. The third-order valence-electron chi connectivity index (χ3n) is 2.89. The normalized spacial score (nSPS) is 20.5. The minimum atomic E-state index is -0.296. The van der Waals surface area contributed by atoms with Gasteiger partial charge in [0, 0.05) is 33.0 Å². The summed E-state index contributed by atoms with van der Waals surface area (Å²) < 4.78 is 1.37. The molecule has 17 heavy (non-hydrogen) atoms. The molecule has 8 heteroatoms. The van der Waals surface area contributed by atoms with Gasteiger partial charge in [0.05, 0.1) is 0 Å². The molecular formula is C9H14N6O2. The quantitative estimate of drug-likeness (QED) is 0.714. The zero-order valence-electron chi connectivity index (χ0n) is 9.75. The number of carbonyl (C=O) groups excluding carboxylic acids is 2. The van der Waals surface area contributed by atoms with Crippen LogP contribution in [0.2, 0.25) is 0 Å². The summed E-state index contributed by atoms with van der Waals surface area (Å²) in [4.78, 5) is 25.0. The van der Waals surface area contributed by atoms with Gasteiger partial charge in [0.25, 0.3) is 0 Å². The number of anilines is 1. The topological polar surface area (TPSA) is 93.0 Å². The summed E-state index contributed by atoms with van der Waals surface area (Å²) in [5.74, 6) is -0.214. The molecule has 1 aromatic heterocycles. The van der Waals surface area contributed by atoms with Gasteiger partial charge in [-0.2, -0.15) is 0 Å². The Morgan fingerprint density at radius 1 is 1.47 bits per heavy atom. The highest BCUT2D eigenvalue weighted by Gasteiger charge is 2.29. The second-order valence-corrected chi connectivity index (χ2v) is 4.12. The van der Waals surface area contributed by atoms with Gasteiger partial charge in [-0.25, -0.2) is 4.68 Å². The largest absolute Gasteiger partial charge is 0.346 e. The van der Waals surface area contributed by atoms with Crippen molar-refractivity contribution in [2.24, 2.45) is 13.0 Å². The number of rotatable bonds is 2. The molecule has 0 bridgehead atoms. The number of hydrogen-bond acceptors (Lipinski definition) is 5. The first-order valence-electron chi connectivity index (χ1n) is 5.35. The Hall–Kier alpha value is -1.99. The smallest absolute Gasteiger partial charge is 0.249 e. The van der Waals surface area contributed by atoms with Gasteiger partial charge in [0.1, 0.15) is 0 Å². The molecule has 0 spiro atoms. The number of nitrogens with one attached hydrogen (secondary N) is 1. The molecule has 0 aliphatic carbocycles. The van der Waals surface area contributed by atoms with Gasteiger partial charge in [0.2, 0.25) is 17.8 Å². The van der Waals surface area contributed by atoms with Crippen molar-refractivity contribution in [2.75, 3.05) is 18.9 Å². The molecular weight excluding hydrogens is 224 g/mol. The Kier molecular flexibility index (Phi) is 3.03. The van der Waals surface area contributed by atoms with E-state index >= 15 is 0 Å². The van der Waals surface area contributed by atoms with E-state index in [2.05, 4.69) is 20.8 Å². The highest BCUT2D eigenvalue weighted by atomic mass is 16.2. The van der Waals surface area contributed by atoms with Crippen molar-refractivity contribution in [2.45, 2.75) is 12.8 Å². The predicted molar refractivity (Wildman–Crippen MR) is 57.8 cm³/mol. The first kappa shape index (κ1) is 11.5. The first-order chi connectivity index (χ1) is 8.08. The second-order valence-electron chi connectivity index (χ2n) is 4.12. The summed E-state index contributed by atoms with van der Waals surface area (Å²) in [5, 5.41) is 13.3. The molecule has 1 aromatic rings. The molecule has 2 heterocycles. The first-order valence-corrected chi connectivity index (χ1v) is 5.35. The fourth-order valence-electron chi connectivity index (χ4n) is 1.71. The summed E-state index contributed by atoms with van der Waals surface area (Å²) in [5.41, 5.74) is 0. The van der Waals surface area contributed by atoms with Gasteiger partial charge in [-0.1, -0.05) is 5.10 Å². The van der Waals surface area contributed by atoms with E-state index in [0.29, 0.717) is 18.9 Å². The zero-order valence-corrected chi connectivity index (χ0v) is 9.75. The van der Waals surface area contributed by atoms with E-state index in [0.717, 1.165) is 0 Å². The molecule has 1 atom stereocenters. The lowest BCUT2D eigenvalue weighted by Gasteiger charge is -2.27. The van der Waals surface area contributed by atoms with Crippen molar-refractivity contribution in [1.29, 1.82) is 0 Å². The molecule has 8 nitrogen and oxygen atoms in total. The van der Waals surface area contributed by atoms with E-state index in [4.69, 9.17) is 0 Å². The molecule has 1 aliphatic rings. The maximum atomic E-state index is 11.9. The molecule has 1 unspecified atom stereocenters. The Morgan fingerprint density at radius 2 is 2.24 bits per heavy atom. The lowest BCUT2D eigenvalue weighted by molar-refractivity contribution is -0.137. The van der Waals surface area contributed by atoms with Crippen molar-refractivity contribution < 1.29 is 9.59 Å². The summed E-state index contributed by atoms with van der Waals surface area (Å²) in [6.45, 7) is 0.605. The molecule has 1 saturated heterocycles. The molecule has 2 amide bonds. The van der Waals surface area contributed by atoms with Crippen LogP contribution in [0.25, 0.3) is 0 Å². The minimum absolute atomic E-state index is 0.00695. The lowest BCUT2D eigenvalue weighted by Crippen LogP contribution is -2.40. The van der Waals surface area contributed by atoms with Crippen LogP contribution in [-0.2, 0) is 16.6 Å². The number of piperidine rings is 1. The van der Waals surface area contributed by atoms with Crippen LogP contribution >= 0.6 is 0 Å². The van der Waals surface area contributed by atoms with Crippen LogP contribution in [0.3, 0.4) is 0 Å². The van der Waals surface area contributed by atoms with Crippen molar-refractivity contribution in [3.8, 4) is 0 Å². The summed E-state index contributed by atoms with van der Waals surface area (Å²) in [6.07, 6.45) is 0.910. The van der Waals surface area contributed by atoms with Gasteiger partial charge in [-0.05, 0) is 16.8 Å². The molecule has 0 saturated carbocycles. The maximum absolute atomic E-state index is 11.9. The van der Waals surface area contributed by atoms with Gasteiger partial charge in [-0.3, -0.25) is 14.9 Å². The van der Waals surface area contributed by atoms with Gasteiger partial charge in [-0.15, -0.1) is 0 Å². The molecule has 1 aliphatic heterocycles. The Morgan fingerprint density at radius 3 is 2.82 bits per heavy atom. The number of aromatic nitrogens is 4. The monoisotopic (exact) mass is 238 g/mol. The van der Waals surface area contributed by atoms with E-state index in [1.165, 1.54) is 4.68 Å². The molecule has 92 valence electrons. The number of likely N-dealkylation sites (tertiary alicyclic amines) is 1. The summed E-state index contributed by atoms with van der Waals surface area (Å²) in [6, 6.07) is 0. The Bertz CT molecular complexity index is 442. The van der Waals surface area contributed by atoms with E-state index in [-0.39, 0.29) is 24.2 Å². The van der Waals surface area contributed by atoms with Crippen molar-refractivity contribution >= 4 is 17.8 Å². The third kappa shape index (κ3) is 2.40. The standard InChI is InChI=1S/C9H14N6O2/c1-14-4-3-6(5-7(14)16)8(17)10-9-11-12-13-15(9)2/h6H,3-5H2,1-2H3,(H,10,11,13,17). The fourth-order valence-corrected chi connectivity index (χ4v) is 1.71. The van der Waals surface area contributed by atoms with Crippen LogP contribution in [0.5, 0.6) is 0 Å². The second kappa shape index (κ2) is 4.48. The average molecular weight is 238 g/mol. The molecule has 1 fully saturated rings. The number of aryl methyl sites for hydroxylation is 1. The lowest BCUT2D eigenvalue weighted by atomic mass is 9.96. The summed E-state index contributed by atoms with van der Waals surface area (Å²) >= 11 is 0. The summed E-state index contributed by atoms with van der Waals surface area (Å²) in [7, 11) is 3.37. The van der Waals surface area contributed by atoms with E-state index in [9.17, 15) is 9.59 Å². The number of amides is 2. The molecule has 0 aromatic carbocycles. The van der Waals surface area contributed by atoms with Crippen LogP contribution in [0.15, 0.2) is 0 Å². The van der Waals surface area contributed by atoms with Gasteiger partial charge >= 0.3 is 0 Å². The van der Waals surface area contributed by atoms with Crippen LogP contribution in [0.4, 0.5) is 5.95 Å². The van der Waals surface area contributed by atoms with Crippen LogP contribution in [0, 0.1) is 5.92 Å².